The monoisotopic (exact) mass is 409 g/mol. The van der Waals surface area contributed by atoms with Gasteiger partial charge in [0.2, 0.25) is 11.8 Å². The molecular formula is C19H21Cl2N3O3. The van der Waals surface area contributed by atoms with E-state index in [1.807, 2.05) is 13.0 Å². The summed E-state index contributed by atoms with van der Waals surface area (Å²) in [5.41, 5.74) is 2.01. The van der Waals surface area contributed by atoms with Gasteiger partial charge in [-0.25, -0.2) is 0 Å². The highest BCUT2D eigenvalue weighted by Crippen LogP contribution is 2.27. The van der Waals surface area contributed by atoms with Crippen molar-refractivity contribution in [3.05, 3.63) is 52.0 Å². The van der Waals surface area contributed by atoms with Gasteiger partial charge in [0.1, 0.15) is 5.75 Å². The zero-order chi connectivity index (χ0) is 20.0. The van der Waals surface area contributed by atoms with Crippen LogP contribution in [0.5, 0.6) is 5.75 Å². The molecule has 144 valence electrons. The first kappa shape index (κ1) is 21.0. The van der Waals surface area contributed by atoms with E-state index in [1.165, 1.54) is 7.11 Å². The minimum absolute atomic E-state index is 0.0255. The van der Waals surface area contributed by atoms with E-state index in [-0.39, 0.29) is 24.9 Å². The minimum Gasteiger partial charge on any atom is -0.495 e. The summed E-state index contributed by atoms with van der Waals surface area (Å²) in [4.78, 5) is 26.0. The van der Waals surface area contributed by atoms with Gasteiger partial charge in [-0.1, -0.05) is 29.3 Å². The summed E-state index contributed by atoms with van der Waals surface area (Å²) >= 11 is 12.0. The van der Waals surface area contributed by atoms with Crippen LogP contribution in [-0.4, -0.2) is 44.0 Å². The lowest BCUT2D eigenvalue weighted by Crippen LogP contribution is -2.36. The molecule has 0 bridgehead atoms. The Labute approximate surface area is 168 Å². The number of rotatable bonds is 7. The fourth-order valence-electron chi connectivity index (χ4n) is 2.38. The number of halogens is 2. The van der Waals surface area contributed by atoms with E-state index in [9.17, 15) is 9.59 Å². The predicted octanol–water partition coefficient (Wildman–Crippen LogP) is 3.82. The van der Waals surface area contributed by atoms with Crippen LogP contribution in [0.2, 0.25) is 10.0 Å². The van der Waals surface area contributed by atoms with E-state index in [0.29, 0.717) is 27.2 Å². The molecule has 0 atom stereocenters. The minimum atomic E-state index is -0.288. The Morgan fingerprint density at radius 2 is 1.70 bits per heavy atom. The van der Waals surface area contributed by atoms with Crippen molar-refractivity contribution >= 4 is 46.4 Å². The van der Waals surface area contributed by atoms with Crippen molar-refractivity contribution in [2.24, 2.45) is 0 Å². The number of nitrogens with one attached hydrogen (secondary N) is 2. The molecule has 2 rings (SSSR count). The number of hydrogen-bond donors (Lipinski definition) is 2. The first-order valence-corrected chi connectivity index (χ1v) is 8.92. The average Bonchev–Trinajstić information content (AvgIpc) is 2.58. The second-order valence-electron chi connectivity index (χ2n) is 6.08. The van der Waals surface area contributed by atoms with Crippen molar-refractivity contribution in [2.75, 3.05) is 37.9 Å². The summed E-state index contributed by atoms with van der Waals surface area (Å²) in [5, 5.41) is 6.55. The van der Waals surface area contributed by atoms with Gasteiger partial charge in [-0.2, -0.15) is 0 Å². The van der Waals surface area contributed by atoms with E-state index < -0.39 is 0 Å². The van der Waals surface area contributed by atoms with Crippen molar-refractivity contribution in [1.29, 1.82) is 0 Å². The van der Waals surface area contributed by atoms with Crippen molar-refractivity contribution < 1.29 is 14.3 Å². The van der Waals surface area contributed by atoms with Crippen LogP contribution in [0.25, 0.3) is 0 Å². The largest absolute Gasteiger partial charge is 0.495 e. The highest BCUT2D eigenvalue weighted by molar-refractivity contribution is 6.31. The fraction of sp³-hybridized carbons (Fsp3) is 0.263. The molecule has 0 aromatic heterocycles. The third-order valence-electron chi connectivity index (χ3n) is 3.72. The number of likely N-dealkylation sites (N-methyl/N-ethyl adjacent to an activating group) is 1. The van der Waals surface area contributed by atoms with Gasteiger partial charge in [0.15, 0.2) is 0 Å². The smallest absolute Gasteiger partial charge is 0.238 e. The Bertz CT molecular complexity index is 843. The third-order valence-corrected chi connectivity index (χ3v) is 4.36. The molecule has 0 fully saturated rings. The standard InChI is InChI=1S/C19H21Cl2N3O3/c1-12-4-6-14(9-15(12)21)22-18(25)10-24(2)11-19(26)23-16-8-13(20)5-7-17(16)27-3/h4-9H,10-11H2,1-3H3,(H,22,25)(H,23,26). The SMILES string of the molecule is COc1ccc(Cl)cc1NC(=O)CN(C)CC(=O)Nc1ccc(C)c(Cl)c1. The number of carbonyl (C=O) groups is 2. The molecule has 0 saturated heterocycles. The van der Waals surface area contributed by atoms with Crippen LogP contribution < -0.4 is 15.4 Å². The van der Waals surface area contributed by atoms with Crippen LogP contribution in [0.3, 0.4) is 0 Å². The molecule has 2 aromatic rings. The van der Waals surface area contributed by atoms with Crippen molar-refractivity contribution in [3.8, 4) is 5.75 Å². The Kier molecular flexibility index (Phi) is 7.47. The molecule has 27 heavy (non-hydrogen) atoms. The number of aryl methyl sites for hydroxylation is 1. The highest BCUT2D eigenvalue weighted by Gasteiger charge is 2.13. The Morgan fingerprint density at radius 3 is 2.33 bits per heavy atom. The van der Waals surface area contributed by atoms with Crippen molar-refractivity contribution in [2.45, 2.75) is 6.92 Å². The van der Waals surface area contributed by atoms with E-state index in [0.717, 1.165) is 5.56 Å². The molecule has 0 radical (unpaired) electrons. The molecular weight excluding hydrogens is 389 g/mol. The van der Waals surface area contributed by atoms with Crippen molar-refractivity contribution in [3.63, 3.8) is 0 Å². The number of anilines is 2. The number of ether oxygens (including phenoxy) is 1. The maximum Gasteiger partial charge on any atom is 0.238 e. The zero-order valence-corrected chi connectivity index (χ0v) is 16.8. The van der Waals surface area contributed by atoms with Crippen LogP contribution in [-0.2, 0) is 9.59 Å². The molecule has 0 saturated carbocycles. The van der Waals surface area contributed by atoms with Crippen LogP contribution in [0.15, 0.2) is 36.4 Å². The molecule has 0 aliphatic carbocycles. The first-order chi connectivity index (χ1) is 12.8. The maximum atomic E-state index is 12.2. The van der Waals surface area contributed by atoms with E-state index in [1.54, 1.807) is 42.3 Å². The first-order valence-electron chi connectivity index (χ1n) is 8.16. The Hall–Kier alpha value is -2.28. The summed E-state index contributed by atoms with van der Waals surface area (Å²) < 4.78 is 5.19. The van der Waals surface area contributed by atoms with Gasteiger partial charge < -0.3 is 15.4 Å². The molecule has 2 amide bonds. The highest BCUT2D eigenvalue weighted by atomic mass is 35.5. The van der Waals surface area contributed by atoms with Gasteiger partial charge in [0.05, 0.1) is 25.9 Å². The van der Waals surface area contributed by atoms with Crippen LogP contribution in [0.1, 0.15) is 5.56 Å². The maximum absolute atomic E-state index is 12.2. The lowest BCUT2D eigenvalue weighted by Gasteiger charge is -2.17. The molecule has 0 heterocycles. The van der Waals surface area contributed by atoms with E-state index in [4.69, 9.17) is 27.9 Å². The van der Waals surface area contributed by atoms with Gasteiger partial charge in [-0.3, -0.25) is 14.5 Å². The second kappa shape index (κ2) is 9.60. The third kappa shape index (κ3) is 6.43. The number of carbonyl (C=O) groups excluding carboxylic acids is 2. The molecule has 6 nitrogen and oxygen atoms in total. The predicted molar refractivity (Wildman–Crippen MR) is 109 cm³/mol. The van der Waals surface area contributed by atoms with Gasteiger partial charge in [-0.15, -0.1) is 0 Å². The van der Waals surface area contributed by atoms with E-state index in [2.05, 4.69) is 10.6 Å². The van der Waals surface area contributed by atoms with Gasteiger partial charge in [0, 0.05) is 15.7 Å². The van der Waals surface area contributed by atoms with Crippen molar-refractivity contribution in [1.82, 2.24) is 4.90 Å². The fourth-order valence-corrected chi connectivity index (χ4v) is 2.74. The summed E-state index contributed by atoms with van der Waals surface area (Å²) in [7, 11) is 3.18. The lowest BCUT2D eigenvalue weighted by atomic mass is 10.2. The second-order valence-corrected chi connectivity index (χ2v) is 6.92. The molecule has 0 spiro atoms. The number of methoxy groups -OCH3 is 1. The summed E-state index contributed by atoms with van der Waals surface area (Å²) in [6.45, 7) is 1.96. The quantitative estimate of drug-likeness (QED) is 0.728. The number of amides is 2. The van der Waals surface area contributed by atoms with Crippen LogP contribution in [0.4, 0.5) is 11.4 Å². The van der Waals surface area contributed by atoms with Crippen LogP contribution in [0, 0.1) is 6.92 Å². The Balaban J connectivity index is 1.88. The summed E-state index contributed by atoms with van der Waals surface area (Å²) in [6, 6.07) is 10.2. The number of nitrogens with zero attached hydrogens (tertiary/aromatic N) is 1. The topological polar surface area (TPSA) is 70.7 Å². The zero-order valence-electron chi connectivity index (χ0n) is 15.3. The molecule has 2 N–H and O–H groups in total. The lowest BCUT2D eigenvalue weighted by molar-refractivity contribution is -0.119. The van der Waals surface area contributed by atoms with Gasteiger partial charge >= 0.3 is 0 Å². The van der Waals surface area contributed by atoms with E-state index >= 15 is 0 Å². The Morgan fingerprint density at radius 1 is 1.04 bits per heavy atom. The number of hydrogen-bond acceptors (Lipinski definition) is 4. The van der Waals surface area contributed by atoms with Gasteiger partial charge in [0.25, 0.3) is 0 Å². The van der Waals surface area contributed by atoms with Gasteiger partial charge in [-0.05, 0) is 49.9 Å². The molecule has 2 aromatic carbocycles. The molecule has 0 aliphatic rings. The molecule has 8 heteroatoms. The normalized spacial score (nSPS) is 10.6. The molecule has 0 unspecified atom stereocenters. The summed E-state index contributed by atoms with van der Waals surface area (Å²) in [6.07, 6.45) is 0. The average molecular weight is 410 g/mol. The summed E-state index contributed by atoms with van der Waals surface area (Å²) in [5.74, 6) is -0.0285. The van der Waals surface area contributed by atoms with Crippen LogP contribution >= 0.6 is 23.2 Å². The number of benzene rings is 2. The molecule has 0 aliphatic heterocycles.